The van der Waals surface area contributed by atoms with Gasteiger partial charge in [0.25, 0.3) is 0 Å². The number of halogens is 2. The van der Waals surface area contributed by atoms with E-state index in [-0.39, 0.29) is 5.41 Å². The molecule has 2 nitrogen and oxygen atoms in total. The largest absolute Gasteiger partial charge is 0.330 e. The molecule has 0 spiro atoms. The quantitative estimate of drug-likeness (QED) is 0.780. The Kier molecular flexibility index (Phi) is 3.37. The number of benzene rings is 1. The molecule has 2 rings (SSSR count). The molecule has 0 bridgehead atoms. The highest BCUT2D eigenvalue weighted by Gasteiger charge is 2.12. The van der Waals surface area contributed by atoms with Crippen LogP contribution in [0.5, 0.6) is 0 Å². The average Bonchev–Trinajstić information content (AvgIpc) is 2.57. The number of imidazole rings is 1. The van der Waals surface area contributed by atoms with Crippen LogP contribution in [0.1, 0.15) is 20.8 Å². The number of hydrogen-bond donors (Lipinski definition) is 0. The Hall–Kier alpha value is -0.730. The molecule has 1 aromatic heterocycles. The Balaban J connectivity index is 2.33. The van der Waals surface area contributed by atoms with Gasteiger partial charge in [0, 0.05) is 6.54 Å². The highest BCUT2D eigenvalue weighted by Crippen LogP contribution is 2.28. The first-order chi connectivity index (χ1) is 7.87. The van der Waals surface area contributed by atoms with Crippen molar-refractivity contribution in [2.24, 2.45) is 5.41 Å². The molecule has 0 aliphatic heterocycles. The summed E-state index contributed by atoms with van der Waals surface area (Å²) in [6.07, 6.45) is 4.07. The summed E-state index contributed by atoms with van der Waals surface area (Å²) in [7, 11) is 0. The van der Waals surface area contributed by atoms with Crippen LogP contribution in [-0.4, -0.2) is 9.55 Å². The molecule has 0 aliphatic carbocycles. The van der Waals surface area contributed by atoms with Crippen LogP contribution < -0.4 is 0 Å². The second kappa shape index (κ2) is 4.51. The number of aromatic nitrogens is 2. The second-order valence-corrected chi connectivity index (χ2v) is 6.04. The van der Waals surface area contributed by atoms with Gasteiger partial charge in [0.05, 0.1) is 27.4 Å². The summed E-state index contributed by atoms with van der Waals surface area (Å²) in [5.41, 5.74) is 2.08. The first-order valence-corrected chi connectivity index (χ1v) is 6.27. The fraction of sp³-hybridized carbons (Fsp3) is 0.385. The Morgan fingerprint density at radius 1 is 1.24 bits per heavy atom. The van der Waals surface area contributed by atoms with Crippen molar-refractivity contribution in [3.8, 4) is 0 Å². The van der Waals surface area contributed by atoms with Gasteiger partial charge in [-0.3, -0.25) is 0 Å². The van der Waals surface area contributed by atoms with E-state index in [2.05, 4.69) is 36.7 Å². The minimum atomic E-state index is 0.187. The van der Waals surface area contributed by atoms with Gasteiger partial charge in [0.15, 0.2) is 0 Å². The molecule has 1 heterocycles. The number of nitrogens with zero attached hydrogens (tertiary/aromatic N) is 2. The molecule has 0 aliphatic rings. The van der Waals surface area contributed by atoms with Crippen molar-refractivity contribution in [2.45, 2.75) is 27.3 Å². The van der Waals surface area contributed by atoms with Gasteiger partial charge in [-0.05, 0) is 24.0 Å². The molecule has 1 radical (unpaired) electrons. The lowest BCUT2D eigenvalue weighted by atomic mass is 9.92. The highest BCUT2D eigenvalue weighted by atomic mass is 35.5. The molecule has 91 valence electrons. The summed E-state index contributed by atoms with van der Waals surface area (Å²) in [5, 5.41) is 1.11. The molecule has 0 atom stereocenters. The Morgan fingerprint density at radius 2 is 1.88 bits per heavy atom. The van der Waals surface area contributed by atoms with Gasteiger partial charge in [0.2, 0.25) is 0 Å². The van der Waals surface area contributed by atoms with E-state index in [0.29, 0.717) is 10.0 Å². The monoisotopic (exact) mass is 269 g/mol. The van der Waals surface area contributed by atoms with Crippen molar-refractivity contribution >= 4 is 34.2 Å². The van der Waals surface area contributed by atoms with E-state index in [4.69, 9.17) is 23.2 Å². The van der Waals surface area contributed by atoms with Crippen molar-refractivity contribution in [1.82, 2.24) is 9.55 Å². The van der Waals surface area contributed by atoms with Gasteiger partial charge in [-0.25, -0.2) is 4.98 Å². The first kappa shape index (κ1) is 12.7. The lowest BCUT2D eigenvalue weighted by Crippen LogP contribution is -2.10. The lowest BCUT2D eigenvalue weighted by molar-refractivity contribution is 0.462. The third kappa shape index (κ3) is 2.93. The third-order valence-electron chi connectivity index (χ3n) is 2.56. The molecule has 2 aromatic rings. The Labute approximate surface area is 112 Å². The first-order valence-electron chi connectivity index (χ1n) is 5.51. The Morgan fingerprint density at radius 3 is 2.53 bits per heavy atom. The summed E-state index contributed by atoms with van der Waals surface area (Å²) in [6, 6.07) is 3.66. The van der Waals surface area contributed by atoms with Crippen molar-refractivity contribution in [3.05, 3.63) is 34.9 Å². The highest BCUT2D eigenvalue weighted by molar-refractivity contribution is 6.42. The van der Waals surface area contributed by atoms with E-state index >= 15 is 0 Å². The summed E-state index contributed by atoms with van der Waals surface area (Å²) in [5.74, 6) is 0. The van der Waals surface area contributed by atoms with Crippen LogP contribution >= 0.6 is 23.2 Å². The van der Waals surface area contributed by atoms with E-state index in [1.54, 1.807) is 6.07 Å². The normalized spacial score (nSPS) is 12.3. The zero-order chi connectivity index (χ0) is 12.6. The molecule has 0 saturated heterocycles. The summed E-state index contributed by atoms with van der Waals surface area (Å²) in [4.78, 5) is 4.32. The van der Waals surface area contributed by atoms with E-state index in [1.165, 1.54) is 0 Å². The molecule has 17 heavy (non-hydrogen) atoms. The van der Waals surface area contributed by atoms with E-state index in [1.807, 2.05) is 12.4 Å². The molecule has 0 unspecified atom stereocenters. The lowest BCUT2D eigenvalue weighted by Gasteiger charge is -2.17. The van der Waals surface area contributed by atoms with E-state index in [9.17, 15) is 0 Å². The standard InChI is InChI=1S/C13H15Cl2N2/c1-13(2,3)4-5-17-8-16-11-6-9(14)10(15)7-12(11)17/h4,6-8H,5H2,1-3H3. The van der Waals surface area contributed by atoms with Gasteiger partial charge in [-0.15, -0.1) is 0 Å². The van der Waals surface area contributed by atoms with Crippen LogP contribution in [0, 0.1) is 11.8 Å². The molecule has 4 heteroatoms. The van der Waals surface area contributed by atoms with Crippen LogP contribution in [-0.2, 0) is 6.54 Å². The Bertz CT molecular complexity index is 538. The fourth-order valence-electron chi connectivity index (χ4n) is 1.57. The molecule has 1 aromatic carbocycles. The average molecular weight is 270 g/mol. The van der Waals surface area contributed by atoms with Gasteiger partial charge >= 0.3 is 0 Å². The second-order valence-electron chi connectivity index (χ2n) is 5.22. The van der Waals surface area contributed by atoms with Crippen molar-refractivity contribution in [1.29, 1.82) is 0 Å². The number of rotatable bonds is 2. The van der Waals surface area contributed by atoms with Crippen molar-refractivity contribution in [2.75, 3.05) is 0 Å². The molecule has 0 fully saturated rings. The van der Waals surface area contributed by atoms with E-state index < -0.39 is 0 Å². The number of hydrogen-bond acceptors (Lipinski definition) is 1. The topological polar surface area (TPSA) is 17.8 Å². The molecule has 0 amide bonds. The maximum atomic E-state index is 6.02. The van der Waals surface area contributed by atoms with Crippen LogP contribution in [0.25, 0.3) is 11.0 Å². The molecule has 0 N–H and O–H groups in total. The van der Waals surface area contributed by atoms with Crippen molar-refractivity contribution < 1.29 is 0 Å². The summed E-state index contributed by atoms with van der Waals surface area (Å²) >= 11 is 12.0. The molecular formula is C13H15Cl2N2. The van der Waals surface area contributed by atoms with Gasteiger partial charge in [-0.2, -0.15) is 0 Å². The summed E-state index contributed by atoms with van der Waals surface area (Å²) < 4.78 is 2.07. The van der Waals surface area contributed by atoms with Gasteiger partial charge in [0.1, 0.15) is 0 Å². The SMILES string of the molecule is CC(C)(C)[CH]Cn1cnc2cc(Cl)c(Cl)cc21. The van der Waals surface area contributed by atoms with Gasteiger partial charge < -0.3 is 4.57 Å². The zero-order valence-corrected chi connectivity index (χ0v) is 11.7. The zero-order valence-electron chi connectivity index (χ0n) is 10.2. The predicted molar refractivity (Wildman–Crippen MR) is 73.5 cm³/mol. The van der Waals surface area contributed by atoms with Gasteiger partial charge in [-0.1, -0.05) is 44.0 Å². The molecular weight excluding hydrogens is 255 g/mol. The van der Waals surface area contributed by atoms with Crippen molar-refractivity contribution in [3.63, 3.8) is 0 Å². The minimum absolute atomic E-state index is 0.187. The fourth-order valence-corrected chi connectivity index (χ4v) is 1.89. The minimum Gasteiger partial charge on any atom is -0.330 e. The smallest absolute Gasteiger partial charge is 0.0958 e. The predicted octanol–water partition coefficient (Wildman–Crippen LogP) is 4.59. The maximum Gasteiger partial charge on any atom is 0.0958 e. The number of fused-ring (bicyclic) bond motifs is 1. The van der Waals surface area contributed by atoms with Crippen LogP contribution in [0.2, 0.25) is 10.0 Å². The van der Waals surface area contributed by atoms with Crippen LogP contribution in [0.15, 0.2) is 18.5 Å². The third-order valence-corrected chi connectivity index (χ3v) is 3.29. The van der Waals surface area contributed by atoms with Crippen LogP contribution in [0.3, 0.4) is 0 Å². The van der Waals surface area contributed by atoms with Crippen LogP contribution in [0.4, 0.5) is 0 Å². The maximum absolute atomic E-state index is 6.02. The van der Waals surface area contributed by atoms with E-state index in [0.717, 1.165) is 17.6 Å². The summed E-state index contributed by atoms with van der Waals surface area (Å²) in [6.45, 7) is 7.35. The molecule has 0 saturated carbocycles.